The number of carbonyl (C=O) groups excluding carboxylic acids is 3. The van der Waals surface area contributed by atoms with Gasteiger partial charge in [0.1, 0.15) is 29.2 Å². The van der Waals surface area contributed by atoms with Gasteiger partial charge in [0.25, 0.3) is 5.91 Å². The summed E-state index contributed by atoms with van der Waals surface area (Å²) in [6.45, 7) is 8.89. The minimum Gasteiger partial charge on any atom is -0.508 e. The first-order valence-electron chi connectivity index (χ1n) is 12.4. The van der Waals surface area contributed by atoms with Crippen LogP contribution in [0.25, 0.3) is 0 Å². The number of hydrogen-bond acceptors (Lipinski definition) is 6. The number of alkyl carbamates (subject to hydrolysis) is 1. The summed E-state index contributed by atoms with van der Waals surface area (Å²) in [7, 11) is 1.56. The van der Waals surface area contributed by atoms with Crippen molar-refractivity contribution in [3.05, 3.63) is 54.1 Å². The molecule has 9 nitrogen and oxygen atoms in total. The van der Waals surface area contributed by atoms with Gasteiger partial charge in [0.2, 0.25) is 5.91 Å². The topological polar surface area (TPSA) is 117 Å². The largest absolute Gasteiger partial charge is 0.508 e. The molecule has 3 rings (SSSR count). The van der Waals surface area contributed by atoms with Gasteiger partial charge in [-0.25, -0.2) is 4.79 Å². The number of carbonyl (C=O) groups is 3. The minimum atomic E-state index is -1.03. The van der Waals surface area contributed by atoms with E-state index in [1.807, 2.05) is 13.8 Å². The second-order valence-electron chi connectivity index (χ2n) is 10.6. The highest BCUT2D eigenvalue weighted by Gasteiger charge is 2.44. The minimum absolute atomic E-state index is 0.0183. The van der Waals surface area contributed by atoms with E-state index in [1.165, 1.54) is 17.0 Å². The van der Waals surface area contributed by atoms with Gasteiger partial charge >= 0.3 is 6.09 Å². The zero-order valence-electron chi connectivity index (χ0n) is 22.3. The van der Waals surface area contributed by atoms with Crippen molar-refractivity contribution in [2.45, 2.75) is 71.2 Å². The Bertz CT molecular complexity index is 1110. The normalized spacial score (nSPS) is 14.9. The summed E-state index contributed by atoms with van der Waals surface area (Å²) in [4.78, 5) is 41.8. The maximum Gasteiger partial charge on any atom is 0.408 e. The van der Waals surface area contributed by atoms with Crippen molar-refractivity contribution in [1.82, 2.24) is 10.2 Å². The van der Waals surface area contributed by atoms with Crippen LogP contribution in [-0.2, 0) is 14.3 Å². The van der Waals surface area contributed by atoms with Crippen molar-refractivity contribution in [3.8, 4) is 11.5 Å². The van der Waals surface area contributed by atoms with Gasteiger partial charge in [-0.15, -0.1) is 0 Å². The molecular weight excluding hydrogens is 474 g/mol. The standard InChI is InChI=1S/C28H37N3O6/c1-17(2)23(30-27(35)37-28(3,4)5)26(34)31(20-12-13-20)24(18-8-7-9-21(32)16-18)25(33)29-19-10-14-22(36-6)15-11-19/h7-11,14-17,20,23-24,32H,12-13H2,1-6H3,(H,29,33)(H,30,35). The molecule has 0 radical (unpaired) electrons. The fraction of sp³-hybridized carbons (Fsp3) is 0.464. The zero-order valence-corrected chi connectivity index (χ0v) is 22.3. The molecule has 0 spiro atoms. The monoisotopic (exact) mass is 511 g/mol. The number of rotatable bonds is 9. The lowest BCUT2D eigenvalue weighted by molar-refractivity contribution is -0.142. The van der Waals surface area contributed by atoms with Crippen molar-refractivity contribution >= 4 is 23.6 Å². The highest BCUT2D eigenvalue weighted by atomic mass is 16.6. The summed E-state index contributed by atoms with van der Waals surface area (Å²) in [5.41, 5.74) is 0.269. The molecule has 1 fully saturated rings. The molecular formula is C28H37N3O6. The number of ether oxygens (including phenoxy) is 2. The van der Waals surface area contributed by atoms with E-state index in [0.29, 0.717) is 17.0 Å². The van der Waals surface area contributed by atoms with Crippen LogP contribution in [0.3, 0.4) is 0 Å². The first-order valence-corrected chi connectivity index (χ1v) is 12.4. The number of nitrogens with zero attached hydrogens (tertiary/aromatic N) is 1. The highest BCUT2D eigenvalue weighted by molar-refractivity contribution is 5.99. The maximum absolute atomic E-state index is 14.0. The SMILES string of the molecule is COc1ccc(NC(=O)C(c2cccc(O)c2)N(C(=O)C(NC(=O)OC(C)(C)C)C(C)C)C2CC2)cc1. The molecule has 0 saturated heterocycles. The average molecular weight is 512 g/mol. The van der Waals surface area contributed by atoms with E-state index in [2.05, 4.69) is 10.6 Å². The Morgan fingerprint density at radius 3 is 2.22 bits per heavy atom. The number of hydrogen-bond donors (Lipinski definition) is 3. The third kappa shape index (κ3) is 7.62. The van der Waals surface area contributed by atoms with Crippen molar-refractivity contribution in [3.63, 3.8) is 0 Å². The van der Waals surface area contributed by atoms with Gasteiger partial charge in [-0.1, -0.05) is 26.0 Å². The van der Waals surface area contributed by atoms with Gasteiger partial charge in [-0.2, -0.15) is 0 Å². The Hall–Kier alpha value is -3.75. The summed E-state index contributed by atoms with van der Waals surface area (Å²) < 4.78 is 10.6. The van der Waals surface area contributed by atoms with E-state index in [-0.39, 0.29) is 23.6 Å². The first kappa shape index (κ1) is 27.8. The zero-order chi connectivity index (χ0) is 27.3. The molecule has 0 heterocycles. The van der Waals surface area contributed by atoms with Crippen LogP contribution in [-0.4, -0.2) is 52.7 Å². The number of amides is 3. The van der Waals surface area contributed by atoms with Crippen molar-refractivity contribution < 1.29 is 29.0 Å². The molecule has 0 bridgehead atoms. The number of methoxy groups -OCH3 is 1. The first-order chi connectivity index (χ1) is 17.4. The van der Waals surface area contributed by atoms with E-state index >= 15 is 0 Å². The van der Waals surface area contributed by atoms with E-state index in [1.54, 1.807) is 64.3 Å². The highest BCUT2D eigenvalue weighted by Crippen LogP contribution is 2.37. The summed E-state index contributed by atoms with van der Waals surface area (Å²) in [5.74, 6) is -0.464. The molecule has 0 aromatic heterocycles. The van der Waals surface area contributed by atoms with Gasteiger partial charge in [-0.05, 0) is 81.5 Å². The van der Waals surface area contributed by atoms with Crippen molar-refractivity contribution in [2.75, 3.05) is 12.4 Å². The van der Waals surface area contributed by atoms with E-state index in [9.17, 15) is 19.5 Å². The number of benzene rings is 2. The Morgan fingerprint density at radius 2 is 1.70 bits per heavy atom. The number of phenols is 1. The average Bonchev–Trinajstić information content (AvgIpc) is 3.64. The van der Waals surface area contributed by atoms with Gasteiger partial charge in [0.05, 0.1) is 7.11 Å². The van der Waals surface area contributed by atoms with Gasteiger partial charge < -0.3 is 30.1 Å². The van der Waals surface area contributed by atoms with Crippen LogP contribution in [0.4, 0.5) is 10.5 Å². The van der Waals surface area contributed by atoms with E-state index in [0.717, 1.165) is 12.8 Å². The molecule has 2 atom stereocenters. The van der Waals surface area contributed by atoms with Crippen LogP contribution in [0.5, 0.6) is 11.5 Å². The molecule has 37 heavy (non-hydrogen) atoms. The summed E-state index contributed by atoms with van der Waals surface area (Å²) >= 11 is 0. The molecule has 1 aliphatic rings. The lowest BCUT2D eigenvalue weighted by Gasteiger charge is -2.35. The number of aromatic hydroxyl groups is 1. The molecule has 1 saturated carbocycles. The van der Waals surface area contributed by atoms with Crippen LogP contribution in [0, 0.1) is 5.92 Å². The molecule has 2 aromatic rings. The lowest BCUT2D eigenvalue weighted by Crippen LogP contribution is -2.55. The fourth-order valence-electron chi connectivity index (χ4n) is 4.00. The second kappa shape index (κ2) is 11.5. The smallest absolute Gasteiger partial charge is 0.408 e. The maximum atomic E-state index is 14.0. The lowest BCUT2D eigenvalue weighted by atomic mass is 9.98. The summed E-state index contributed by atoms with van der Waals surface area (Å²) in [6.07, 6.45) is 0.759. The molecule has 1 aliphatic carbocycles. The Labute approximate surface area is 218 Å². The Balaban J connectivity index is 1.96. The van der Waals surface area contributed by atoms with Crippen LogP contribution in [0.2, 0.25) is 0 Å². The Kier molecular flexibility index (Phi) is 8.68. The van der Waals surface area contributed by atoms with Crippen LogP contribution >= 0.6 is 0 Å². The second-order valence-corrected chi connectivity index (χ2v) is 10.6. The van der Waals surface area contributed by atoms with Crippen molar-refractivity contribution in [1.29, 1.82) is 0 Å². The summed E-state index contributed by atoms with van der Waals surface area (Å²) in [6, 6.07) is 11.1. The molecule has 3 amide bonds. The Morgan fingerprint density at radius 1 is 1.05 bits per heavy atom. The molecule has 2 unspecified atom stereocenters. The number of nitrogens with one attached hydrogen (secondary N) is 2. The quantitative estimate of drug-likeness (QED) is 0.452. The van der Waals surface area contributed by atoms with E-state index < -0.39 is 29.7 Å². The fourth-order valence-corrected chi connectivity index (χ4v) is 4.00. The van der Waals surface area contributed by atoms with Crippen LogP contribution < -0.4 is 15.4 Å². The third-order valence-corrected chi connectivity index (χ3v) is 5.87. The van der Waals surface area contributed by atoms with Gasteiger partial charge in [0, 0.05) is 11.7 Å². The van der Waals surface area contributed by atoms with Crippen LogP contribution in [0.15, 0.2) is 48.5 Å². The molecule has 0 aliphatic heterocycles. The predicted molar refractivity (Wildman–Crippen MR) is 140 cm³/mol. The molecule has 2 aromatic carbocycles. The predicted octanol–water partition coefficient (Wildman–Crippen LogP) is 4.62. The molecule has 3 N–H and O–H groups in total. The van der Waals surface area contributed by atoms with E-state index in [4.69, 9.17) is 9.47 Å². The van der Waals surface area contributed by atoms with Gasteiger partial charge in [0.15, 0.2) is 0 Å². The number of phenolic OH excluding ortho intramolecular Hbond substituents is 1. The van der Waals surface area contributed by atoms with Crippen LogP contribution in [0.1, 0.15) is 59.1 Å². The summed E-state index contributed by atoms with van der Waals surface area (Å²) in [5, 5.41) is 15.8. The van der Waals surface area contributed by atoms with Crippen molar-refractivity contribution in [2.24, 2.45) is 5.92 Å². The number of anilines is 1. The van der Waals surface area contributed by atoms with Gasteiger partial charge in [-0.3, -0.25) is 9.59 Å². The molecule has 200 valence electrons. The third-order valence-electron chi connectivity index (χ3n) is 5.87. The molecule has 9 heteroatoms.